The molecule has 0 fully saturated rings. The van der Waals surface area contributed by atoms with Gasteiger partial charge in [0.2, 0.25) is 0 Å². The van der Waals surface area contributed by atoms with Crippen molar-refractivity contribution in [1.29, 1.82) is 0 Å². The van der Waals surface area contributed by atoms with Crippen molar-refractivity contribution in [3.63, 3.8) is 0 Å². The van der Waals surface area contributed by atoms with Gasteiger partial charge in [-0.05, 0) is 19.3 Å². The van der Waals surface area contributed by atoms with Crippen LogP contribution in [0.5, 0.6) is 0 Å². The van der Waals surface area contributed by atoms with Crippen molar-refractivity contribution >= 4 is 5.78 Å². The zero-order valence-electron chi connectivity index (χ0n) is 8.13. The summed E-state index contributed by atoms with van der Waals surface area (Å²) in [6.07, 6.45) is 7.09. The SMILES string of the molecule is C=CCCCCC(=O)COCC=C. The molecule has 0 amide bonds. The number of hydrogen-bond acceptors (Lipinski definition) is 2. The van der Waals surface area contributed by atoms with Crippen molar-refractivity contribution in [3.8, 4) is 0 Å². The van der Waals surface area contributed by atoms with E-state index in [2.05, 4.69) is 13.2 Å². The first-order valence-electron chi connectivity index (χ1n) is 4.62. The number of ketones is 1. The first kappa shape index (κ1) is 12.1. The van der Waals surface area contributed by atoms with Crippen LogP contribution < -0.4 is 0 Å². The van der Waals surface area contributed by atoms with Crippen molar-refractivity contribution in [1.82, 2.24) is 0 Å². The van der Waals surface area contributed by atoms with E-state index < -0.39 is 0 Å². The van der Waals surface area contributed by atoms with Crippen molar-refractivity contribution in [2.24, 2.45) is 0 Å². The standard InChI is InChI=1S/C11H18O2/c1-3-5-6-7-8-11(12)10-13-9-4-2/h3-4H,1-2,5-10H2. The summed E-state index contributed by atoms with van der Waals surface area (Å²) in [4.78, 5) is 11.1. The van der Waals surface area contributed by atoms with E-state index in [0.29, 0.717) is 13.0 Å². The molecular weight excluding hydrogens is 164 g/mol. The van der Waals surface area contributed by atoms with Gasteiger partial charge in [0.25, 0.3) is 0 Å². The average molecular weight is 182 g/mol. The lowest BCUT2D eigenvalue weighted by atomic mass is 10.1. The van der Waals surface area contributed by atoms with E-state index in [4.69, 9.17) is 4.74 Å². The maximum Gasteiger partial charge on any atom is 0.158 e. The molecule has 0 atom stereocenters. The molecule has 0 spiro atoms. The lowest BCUT2D eigenvalue weighted by Crippen LogP contribution is -2.08. The molecule has 2 nitrogen and oxygen atoms in total. The summed E-state index contributed by atoms with van der Waals surface area (Å²) in [5.74, 6) is 0.172. The van der Waals surface area contributed by atoms with Gasteiger partial charge in [0, 0.05) is 6.42 Å². The van der Waals surface area contributed by atoms with Crippen molar-refractivity contribution in [2.45, 2.75) is 25.7 Å². The molecule has 0 aliphatic carbocycles. The van der Waals surface area contributed by atoms with Crippen molar-refractivity contribution in [3.05, 3.63) is 25.3 Å². The molecule has 0 rings (SSSR count). The molecule has 0 heterocycles. The van der Waals surface area contributed by atoms with E-state index in [1.54, 1.807) is 6.08 Å². The Morgan fingerprint density at radius 3 is 2.62 bits per heavy atom. The van der Waals surface area contributed by atoms with E-state index in [1.807, 2.05) is 6.08 Å². The molecule has 0 aromatic heterocycles. The maximum absolute atomic E-state index is 11.1. The molecular formula is C11H18O2. The predicted molar refractivity (Wildman–Crippen MR) is 54.7 cm³/mol. The van der Waals surface area contributed by atoms with Gasteiger partial charge in [0.15, 0.2) is 5.78 Å². The highest BCUT2D eigenvalue weighted by Gasteiger charge is 2.00. The Morgan fingerprint density at radius 1 is 1.23 bits per heavy atom. The zero-order chi connectivity index (χ0) is 9.94. The van der Waals surface area contributed by atoms with Gasteiger partial charge in [-0.3, -0.25) is 4.79 Å². The molecule has 0 aliphatic heterocycles. The molecule has 0 aromatic rings. The third kappa shape index (κ3) is 9.02. The van der Waals surface area contributed by atoms with Crippen LogP contribution in [0.1, 0.15) is 25.7 Å². The quantitative estimate of drug-likeness (QED) is 0.404. The molecule has 0 radical (unpaired) electrons. The summed E-state index contributed by atoms with van der Waals surface area (Å²) in [6.45, 7) is 7.79. The van der Waals surface area contributed by atoms with Crippen LogP contribution in [0.15, 0.2) is 25.3 Å². The molecule has 0 N–H and O–H groups in total. The number of hydrogen-bond donors (Lipinski definition) is 0. The largest absolute Gasteiger partial charge is 0.370 e. The van der Waals surface area contributed by atoms with E-state index >= 15 is 0 Å². The third-order valence-electron chi connectivity index (χ3n) is 1.61. The second kappa shape index (κ2) is 9.20. The fourth-order valence-electron chi connectivity index (χ4n) is 0.939. The fraction of sp³-hybridized carbons (Fsp3) is 0.545. The smallest absolute Gasteiger partial charge is 0.158 e. The van der Waals surface area contributed by atoms with Crippen LogP contribution in [0.4, 0.5) is 0 Å². The molecule has 0 aliphatic rings. The monoisotopic (exact) mass is 182 g/mol. The maximum atomic E-state index is 11.1. The number of ether oxygens (including phenoxy) is 1. The lowest BCUT2D eigenvalue weighted by Gasteiger charge is -2.00. The van der Waals surface area contributed by atoms with Crippen LogP contribution in [0.3, 0.4) is 0 Å². The minimum Gasteiger partial charge on any atom is -0.370 e. The minimum absolute atomic E-state index is 0.172. The van der Waals surface area contributed by atoms with Crippen LogP contribution in [-0.2, 0) is 9.53 Å². The van der Waals surface area contributed by atoms with Gasteiger partial charge < -0.3 is 4.74 Å². The first-order valence-corrected chi connectivity index (χ1v) is 4.62. The zero-order valence-corrected chi connectivity index (χ0v) is 8.13. The molecule has 2 heteroatoms. The molecule has 0 aromatic carbocycles. The summed E-state index contributed by atoms with van der Waals surface area (Å²) < 4.78 is 5.01. The van der Waals surface area contributed by atoms with Crippen LogP contribution in [0, 0.1) is 0 Å². The van der Waals surface area contributed by atoms with Gasteiger partial charge in [-0.2, -0.15) is 0 Å². The van der Waals surface area contributed by atoms with Crippen LogP contribution in [0.2, 0.25) is 0 Å². The number of carbonyl (C=O) groups is 1. The van der Waals surface area contributed by atoms with E-state index in [1.165, 1.54) is 0 Å². The Kier molecular flexibility index (Phi) is 8.57. The molecule has 74 valence electrons. The minimum atomic E-state index is 0.172. The highest BCUT2D eigenvalue weighted by Crippen LogP contribution is 2.00. The summed E-state index contributed by atoms with van der Waals surface area (Å²) in [5, 5.41) is 0. The normalized spacial score (nSPS) is 9.54. The summed E-state index contributed by atoms with van der Waals surface area (Å²) in [5.41, 5.74) is 0. The summed E-state index contributed by atoms with van der Waals surface area (Å²) >= 11 is 0. The Morgan fingerprint density at radius 2 is 2.00 bits per heavy atom. The molecule has 0 saturated heterocycles. The van der Waals surface area contributed by atoms with Crippen LogP contribution in [0.25, 0.3) is 0 Å². The van der Waals surface area contributed by atoms with Gasteiger partial charge in [-0.25, -0.2) is 0 Å². The van der Waals surface area contributed by atoms with Crippen LogP contribution in [-0.4, -0.2) is 19.0 Å². The molecule has 0 bridgehead atoms. The molecule has 0 saturated carbocycles. The molecule has 0 unspecified atom stereocenters. The van der Waals surface area contributed by atoms with E-state index in [0.717, 1.165) is 19.3 Å². The van der Waals surface area contributed by atoms with Gasteiger partial charge in [0.05, 0.1) is 6.61 Å². The second-order valence-corrected chi connectivity index (χ2v) is 2.88. The second-order valence-electron chi connectivity index (χ2n) is 2.88. The third-order valence-corrected chi connectivity index (χ3v) is 1.61. The highest BCUT2D eigenvalue weighted by atomic mass is 16.5. The summed E-state index contributed by atoms with van der Waals surface area (Å²) in [7, 11) is 0. The first-order chi connectivity index (χ1) is 6.31. The Bertz CT molecular complexity index is 161. The van der Waals surface area contributed by atoms with Crippen LogP contribution >= 0.6 is 0 Å². The number of allylic oxidation sites excluding steroid dienone is 1. The molecule has 13 heavy (non-hydrogen) atoms. The topological polar surface area (TPSA) is 26.3 Å². The number of rotatable bonds is 9. The van der Waals surface area contributed by atoms with Gasteiger partial charge in [-0.15, -0.1) is 13.2 Å². The average Bonchev–Trinajstić information content (AvgIpc) is 2.13. The Balaban J connectivity index is 3.19. The van der Waals surface area contributed by atoms with Gasteiger partial charge in [0.1, 0.15) is 6.61 Å². The van der Waals surface area contributed by atoms with Gasteiger partial charge in [-0.1, -0.05) is 12.2 Å². The fourth-order valence-corrected chi connectivity index (χ4v) is 0.939. The van der Waals surface area contributed by atoms with E-state index in [9.17, 15) is 4.79 Å². The van der Waals surface area contributed by atoms with Crippen molar-refractivity contribution in [2.75, 3.05) is 13.2 Å². The lowest BCUT2D eigenvalue weighted by molar-refractivity contribution is -0.123. The predicted octanol–water partition coefficient (Wildman–Crippen LogP) is 2.50. The number of Topliss-reactive ketones (excluding diaryl/α,β-unsaturated/α-hetero) is 1. The number of unbranched alkanes of at least 4 members (excludes halogenated alkanes) is 2. The Labute approximate surface area is 80.3 Å². The number of carbonyl (C=O) groups excluding carboxylic acids is 1. The highest BCUT2D eigenvalue weighted by molar-refractivity contribution is 5.79. The van der Waals surface area contributed by atoms with E-state index in [-0.39, 0.29) is 12.4 Å². The van der Waals surface area contributed by atoms with Gasteiger partial charge >= 0.3 is 0 Å². The van der Waals surface area contributed by atoms with Crippen molar-refractivity contribution < 1.29 is 9.53 Å². The Hall–Kier alpha value is -0.890. The summed E-state index contributed by atoms with van der Waals surface area (Å²) in [6, 6.07) is 0.